The number of carbonyl (C=O) groups is 2. The van der Waals surface area contributed by atoms with Gasteiger partial charge in [0.1, 0.15) is 24.4 Å². The van der Waals surface area contributed by atoms with Crippen molar-refractivity contribution in [3.8, 4) is 0 Å². The zero-order valence-corrected chi connectivity index (χ0v) is 63.6. The van der Waals surface area contributed by atoms with Crippen LogP contribution >= 0.6 is 0 Å². The number of esters is 1. The van der Waals surface area contributed by atoms with Crippen molar-refractivity contribution in [2.45, 2.75) is 455 Å². The van der Waals surface area contributed by atoms with Gasteiger partial charge in [0.25, 0.3) is 0 Å². The maximum absolute atomic E-state index is 13.1. The highest BCUT2D eigenvalue weighted by atomic mass is 16.7. The van der Waals surface area contributed by atoms with Gasteiger partial charge in [-0.05, 0) is 96.3 Å². The molecule has 1 fully saturated rings. The van der Waals surface area contributed by atoms with Crippen LogP contribution in [0.4, 0.5) is 0 Å². The van der Waals surface area contributed by atoms with E-state index in [4.69, 9.17) is 14.2 Å². The number of aliphatic hydroxyl groups excluding tert-OH is 5. The van der Waals surface area contributed by atoms with E-state index in [1.165, 1.54) is 315 Å². The van der Waals surface area contributed by atoms with Gasteiger partial charge in [0.15, 0.2) is 6.29 Å². The molecule has 0 aromatic carbocycles. The Kier molecular flexibility index (Phi) is 71.0. The molecule has 0 saturated carbocycles. The zero-order chi connectivity index (χ0) is 70.1. The largest absolute Gasteiger partial charge is 0.466 e. The standard InChI is InChI=1S/C86H159NO10/c1-3-5-7-9-11-13-15-17-19-46-50-54-58-62-66-70-74-82(91)95-75-71-67-63-59-55-51-47-44-42-40-38-36-34-32-30-28-26-24-22-20-21-23-25-27-29-31-33-35-37-39-41-43-45-49-53-57-61-65-69-73-81(90)87-78(77-96-86-85(94)84(93)83(92)80(76-88)97-86)79(89)72-68-64-60-56-52-48-18-16-14-12-10-8-6-4-2/h13,15,19-21,24,26,46,68,72,78-80,83-86,88-89,92-94H,3-12,14,16-18,22-23,25,27-45,47-67,69-71,73-77H2,1-2H3,(H,87,90)/b15-13-,21-20-,26-24-,46-19-,72-68+. The van der Waals surface area contributed by atoms with Gasteiger partial charge in [-0.15, -0.1) is 0 Å². The smallest absolute Gasteiger partial charge is 0.305 e. The van der Waals surface area contributed by atoms with E-state index < -0.39 is 49.5 Å². The fourth-order valence-electron chi connectivity index (χ4n) is 13.3. The summed E-state index contributed by atoms with van der Waals surface area (Å²) in [5.41, 5.74) is 0. The predicted molar refractivity (Wildman–Crippen MR) is 412 cm³/mol. The fourth-order valence-corrected chi connectivity index (χ4v) is 13.3. The number of nitrogens with one attached hydrogen (secondary N) is 1. The molecule has 1 aliphatic heterocycles. The van der Waals surface area contributed by atoms with E-state index in [1.807, 2.05) is 6.08 Å². The van der Waals surface area contributed by atoms with Crippen molar-refractivity contribution in [1.29, 1.82) is 0 Å². The molecule has 1 amide bonds. The van der Waals surface area contributed by atoms with Crippen LogP contribution in [0.5, 0.6) is 0 Å². The first kappa shape index (κ1) is 92.4. The molecule has 7 atom stereocenters. The van der Waals surface area contributed by atoms with Crippen LogP contribution in [0.3, 0.4) is 0 Å². The molecule has 1 heterocycles. The number of rotatable bonds is 75. The first-order valence-corrected chi connectivity index (χ1v) is 42.1. The predicted octanol–water partition coefficient (Wildman–Crippen LogP) is 23.2. The van der Waals surface area contributed by atoms with E-state index in [9.17, 15) is 35.1 Å². The van der Waals surface area contributed by atoms with E-state index in [0.29, 0.717) is 19.4 Å². The van der Waals surface area contributed by atoms with Gasteiger partial charge < -0.3 is 45.1 Å². The van der Waals surface area contributed by atoms with E-state index in [2.05, 4.69) is 67.8 Å². The van der Waals surface area contributed by atoms with Gasteiger partial charge >= 0.3 is 5.97 Å². The van der Waals surface area contributed by atoms with Crippen LogP contribution in [0.25, 0.3) is 0 Å². The molecule has 11 nitrogen and oxygen atoms in total. The molecule has 0 radical (unpaired) electrons. The van der Waals surface area contributed by atoms with Gasteiger partial charge in [-0.1, -0.05) is 364 Å². The Morgan fingerprint density at radius 2 is 0.691 bits per heavy atom. The summed E-state index contributed by atoms with van der Waals surface area (Å²) in [6.45, 7) is 4.37. The third-order valence-electron chi connectivity index (χ3n) is 19.8. The molecule has 7 unspecified atom stereocenters. The lowest BCUT2D eigenvalue weighted by Crippen LogP contribution is -2.60. The van der Waals surface area contributed by atoms with Crippen LogP contribution in [-0.2, 0) is 23.8 Å². The molecule has 11 heteroatoms. The van der Waals surface area contributed by atoms with E-state index in [1.54, 1.807) is 6.08 Å². The lowest BCUT2D eigenvalue weighted by Gasteiger charge is -2.40. The molecule has 0 aromatic rings. The number of aliphatic hydroxyl groups is 5. The first-order chi connectivity index (χ1) is 47.7. The average Bonchev–Trinajstić information content (AvgIpc) is 0.869. The number of amides is 1. The van der Waals surface area contributed by atoms with Crippen LogP contribution in [0.15, 0.2) is 60.8 Å². The monoisotopic (exact) mass is 1370 g/mol. The van der Waals surface area contributed by atoms with Crippen LogP contribution in [0.1, 0.15) is 412 Å². The van der Waals surface area contributed by atoms with E-state index in [-0.39, 0.29) is 18.5 Å². The quantitative estimate of drug-likeness (QED) is 0.0195. The van der Waals surface area contributed by atoms with Crippen LogP contribution < -0.4 is 5.32 Å². The second kappa shape index (κ2) is 74.5. The van der Waals surface area contributed by atoms with Crippen molar-refractivity contribution in [2.75, 3.05) is 19.8 Å². The minimum absolute atomic E-state index is 0.00137. The minimum Gasteiger partial charge on any atom is -0.466 e. The van der Waals surface area contributed by atoms with Crippen LogP contribution in [-0.4, -0.2) is 100 Å². The molecular weight excluding hydrogens is 1210 g/mol. The highest BCUT2D eigenvalue weighted by Gasteiger charge is 2.44. The van der Waals surface area contributed by atoms with Crippen molar-refractivity contribution in [1.82, 2.24) is 5.32 Å². The Morgan fingerprint density at radius 3 is 1.05 bits per heavy atom. The molecule has 0 bridgehead atoms. The van der Waals surface area contributed by atoms with Gasteiger partial charge in [-0.25, -0.2) is 0 Å². The summed E-state index contributed by atoms with van der Waals surface area (Å²) in [4.78, 5) is 25.2. The lowest BCUT2D eigenvalue weighted by atomic mass is 9.99. The maximum Gasteiger partial charge on any atom is 0.305 e. The molecule has 97 heavy (non-hydrogen) atoms. The number of hydrogen-bond donors (Lipinski definition) is 6. The number of ether oxygens (including phenoxy) is 3. The fraction of sp³-hybridized carbons (Fsp3) is 0.860. The molecule has 0 spiro atoms. The molecule has 1 rings (SSSR count). The Balaban J connectivity index is 1.90. The molecule has 568 valence electrons. The van der Waals surface area contributed by atoms with Crippen LogP contribution in [0.2, 0.25) is 0 Å². The number of allylic oxidation sites excluding steroid dienone is 9. The highest BCUT2D eigenvalue weighted by molar-refractivity contribution is 5.76. The van der Waals surface area contributed by atoms with Gasteiger partial charge in [0, 0.05) is 12.8 Å². The van der Waals surface area contributed by atoms with Crippen molar-refractivity contribution in [2.24, 2.45) is 0 Å². The molecule has 0 aromatic heterocycles. The summed E-state index contributed by atoms with van der Waals surface area (Å²) < 4.78 is 16.8. The SMILES string of the molecule is CCCCCC/C=C\C/C=C\CCCCCCCC(=O)OCCCCCCCCCCCCCCCCC/C=C\C/C=C\CCCCCCCCCCCCCCCCCCCC(=O)NC(COC1OC(CO)C(O)C(O)C1O)C(O)/C=C/CCCCCCCCCCCCCC. The Hall–Kier alpha value is -2.64. The highest BCUT2D eigenvalue weighted by Crippen LogP contribution is 2.24. The topological polar surface area (TPSA) is 175 Å². The first-order valence-electron chi connectivity index (χ1n) is 42.1. The molecule has 6 N–H and O–H groups in total. The third-order valence-corrected chi connectivity index (χ3v) is 19.8. The summed E-state index contributed by atoms with van der Waals surface area (Å²) in [6, 6.07) is -0.809. The number of unbranched alkanes of at least 4 members (excludes halogenated alkanes) is 53. The Labute approximate surface area is 598 Å². The Morgan fingerprint density at radius 1 is 0.381 bits per heavy atom. The van der Waals surface area contributed by atoms with Crippen LogP contribution in [0, 0.1) is 0 Å². The second-order valence-corrected chi connectivity index (χ2v) is 29.2. The zero-order valence-electron chi connectivity index (χ0n) is 63.6. The summed E-state index contributed by atoms with van der Waals surface area (Å²) in [6.07, 6.45) is 91.1. The summed E-state index contributed by atoms with van der Waals surface area (Å²) in [5.74, 6) is -0.175. The molecule has 0 aliphatic carbocycles. The summed E-state index contributed by atoms with van der Waals surface area (Å²) >= 11 is 0. The van der Waals surface area contributed by atoms with E-state index in [0.717, 1.165) is 70.6 Å². The van der Waals surface area contributed by atoms with Crippen molar-refractivity contribution < 1.29 is 49.3 Å². The molecule has 1 saturated heterocycles. The number of hydrogen-bond acceptors (Lipinski definition) is 10. The average molecular weight is 1370 g/mol. The van der Waals surface area contributed by atoms with E-state index >= 15 is 0 Å². The lowest BCUT2D eigenvalue weighted by molar-refractivity contribution is -0.302. The second-order valence-electron chi connectivity index (χ2n) is 29.2. The van der Waals surface area contributed by atoms with Crippen molar-refractivity contribution in [3.63, 3.8) is 0 Å². The maximum atomic E-state index is 13.1. The molecule has 1 aliphatic rings. The van der Waals surface area contributed by atoms with Gasteiger partial charge in [-0.2, -0.15) is 0 Å². The normalized spacial score (nSPS) is 17.5. The summed E-state index contributed by atoms with van der Waals surface area (Å²) in [5, 5.41) is 54.6. The summed E-state index contributed by atoms with van der Waals surface area (Å²) in [7, 11) is 0. The van der Waals surface area contributed by atoms with Gasteiger partial charge in [-0.3, -0.25) is 9.59 Å². The van der Waals surface area contributed by atoms with Crippen molar-refractivity contribution >= 4 is 11.9 Å². The Bertz CT molecular complexity index is 1800. The van der Waals surface area contributed by atoms with Crippen molar-refractivity contribution in [3.05, 3.63) is 60.8 Å². The van der Waals surface area contributed by atoms with Gasteiger partial charge in [0.05, 0.1) is 32.0 Å². The van der Waals surface area contributed by atoms with Gasteiger partial charge in [0.2, 0.25) is 5.91 Å². The molecular formula is C86H159NO10. The third kappa shape index (κ3) is 62.8. The number of carbonyl (C=O) groups excluding carboxylic acids is 2. The minimum atomic E-state index is -1.57.